The van der Waals surface area contributed by atoms with Crippen LogP contribution in [0, 0.1) is 0 Å². The zero-order valence-electron chi connectivity index (χ0n) is 20.3. The van der Waals surface area contributed by atoms with E-state index in [4.69, 9.17) is 4.98 Å². The number of rotatable bonds is 5. The Morgan fingerprint density at radius 3 is 2.41 bits per heavy atom. The first kappa shape index (κ1) is 22.6. The van der Waals surface area contributed by atoms with E-state index in [1.165, 1.54) is 33.1 Å². The van der Waals surface area contributed by atoms with Gasteiger partial charge in [0.05, 0.1) is 28.0 Å². The number of carbonyl (C=O) groups is 1. The maximum Gasteiger partial charge on any atom is 0.226 e. The minimum absolute atomic E-state index is 0.0316. The number of benzene rings is 3. The number of hydrogen-bond donors (Lipinski definition) is 2. The van der Waals surface area contributed by atoms with Crippen LogP contribution in [0.25, 0.3) is 22.4 Å². The van der Waals surface area contributed by atoms with Crippen LogP contribution in [0.4, 0.5) is 16.4 Å². The van der Waals surface area contributed by atoms with Gasteiger partial charge in [-0.05, 0) is 67.6 Å². The SMILES string of the molecule is O=C(CCN1c2ccccc2Sc2ccccc21)Nc1sc2c(c1-c1nc3ccccc3[nH]1)CCCC2. The average molecular weight is 523 g/mol. The quantitative estimate of drug-likeness (QED) is 0.247. The van der Waals surface area contributed by atoms with Crippen molar-refractivity contribution in [3.05, 3.63) is 83.2 Å². The normalized spacial score (nSPS) is 14.2. The van der Waals surface area contributed by atoms with Crippen molar-refractivity contribution in [2.45, 2.75) is 41.9 Å². The molecule has 0 fully saturated rings. The average Bonchev–Trinajstić information content (AvgIpc) is 3.51. The van der Waals surface area contributed by atoms with Gasteiger partial charge in [0, 0.05) is 27.6 Å². The molecule has 0 radical (unpaired) electrons. The molecule has 5 nitrogen and oxygen atoms in total. The van der Waals surface area contributed by atoms with Crippen LogP contribution >= 0.6 is 23.1 Å². The van der Waals surface area contributed by atoms with Gasteiger partial charge in [0.15, 0.2) is 0 Å². The summed E-state index contributed by atoms with van der Waals surface area (Å²) in [7, 11) is 0. The van der Waals surface area contributed by atoms with E-state index in [2.05, 4.69) is 69.8 Å². The number of fused-ring (bicyclic) bond motifs is 4. The Labute approximate surface area is 223 Å². The fourth-order valence-corrected chi connectivity index (χ4v) is 7.80. The van der Waals surface area contributed by atoms with Crippen molar-refractivity contribution < 1.29 is 4.79 Å². The highest BCUT2D eigenvalue weighted by Gasteiger charge is 2.26. The molecule has 0 spiro atoms. The van der Waals surface area contributed by atoms with Gasteiger partial charge in [-0.1, -0.05) is 48.2 Å². The zero-order valence-corrected chi connectivity index (χ0v) is 21.9. The number of nitrogens with zero attached hydrogens (tertiary/aromatic N) is 2. The van der Waals surface area contributed by atoms with Gasteiger partial charge in [0.1, 0.15) is 10.8 Å². The summed E-state index contributed by atoms with van der Waals surface area (Å²) in [5, 5.41) is 4.21. The Morgan fingerprint density at radius 1 is 0.919 bits per heavy atom. The Bertz CT molecular complexity index is 1560. The van der Waals surface area contributed by atoms with Crippen LogP contribution in [0.15, 0.2) is 82.6 Å². The number of H-pyrrole nitrogens is 1. The van der Waals surface area contributed by atoms with E-state index in [-0.39, 0.29) is 5.91 Å². The number of nitrogens with one attached hydrogen (secondary N) is 2. The molecule has 184 valence electrons. The Morgan fingerprint density at radius 2 is 1.62 bits per heavy atom. The molecule has 7 heteroatoms. The third-order valence-corrected chi connectivity index (χ3v) is 9.48. The predicted octanol–water partition coefficient (Wildman–Crippen LogP) is 7.80. The smallest absolute Gasteiger partial charge is 0.226 e. The molecule has 37 heavy (non-hydrogen) atoms. The zero-order chi connectivity index (χ0) is 24.8. The van der Waals surface area contributed by atoms with Crippen LogP contribution in [0.5, 0.6) is 0 Å². The van der Waals surface area contributed by atoms with Gasteiger partial charge in [0.2, 0.25) is 5.91 Å². The highest BCUT2D eigenvalue weighted by molar-refractivity contribution is 7.99. The lowest BCUT2D eigenvalue weighted by Crippen LogP contribution is -2.25. The predicted molar refractivity (Wildman–Crippen MR) is 153 cm³/mol. The van der Waals surface area contributed by atoms with Crippen molar-refractivity contribution in [1.29, 1.82) is 0 Å². The first-order chi connectivity index (χ1) is 18.2. The molecule has 7 rings (SSSR count). The molecule has 5 aromatic rings. The monoisotopic (exact) mass is 522 g/mol. The molecule has 1 aliphatic carbocycles. The van der Waals surface area contributed by atoms with Crippen molar-refractivity contribution in [2.75, 3.05) is 16.8 Å². The molecule has 0 saturated carbocycles. The van der Waals surface area contributed by atoms with Crippen LogP contribution in [0.1, 0.15) is 29.7 Å². The minimum atomic E-state index is 0.0316. The van der Waals surface area contributed by atoms with E-state index in [0.29, 0.717) is 13.0 Å². The molecule has 0 atom stereocenters. The number of aromatic nitrogens is 2. The van der Waals surface area contributed by atoms with Gasteiger partial charge in [-0.2, -0.15) is 0 Å². The van der Waals surface area contributed by atoms with Crippen molar-refractivity contribution in [1.82, 2.24) is 9.97 Å². The van der Waals surface area contributed by atoms with E-state index >= 15 is 0 Å². The van der Waals surface area contributed by atoms with E-state index in [1.807, 2.05) is 18.2 Å². The number of hydrogen-bond acceptors (Lipinski definition) is 5. The lowest BCUT2D eigenvalue weighted by atomic mass is 9.95. The van der Waals surface area contributed by atoms with E-state index in [0.717, 1.165) is 51.6 Å². The summed E-state index contributed by atoms with van der Waals surface area (Å²) in [6, 6.07) is 25.0. The van der Waals surface area contributed by atoms with Crippen LogP contribution in [0.2, 0.25) is 0 Å². The standard InChI is InChI=1S/C30H26N4OS2/c35-27(17-18-34-22-12-4-7-15-25(22)36-26-16-8-5-13-23(26)34)33-30-28(19-9-1-6-14-24(19)37-30)29-31-20-10-2-3-11-21(20)32-29/h2-5,7-8,10-13,15-16H,1,6,9,14,17-18H2,(H,31,32)(H,33,35). The largest absolute Gasteiger partial charge is 0.339 e. The maximum atomic E-state index is 13.4. The molecule has 1 aliphatic heterocycles. The Balaban J connectivity index is 1.17. The number of thiophene rings is 1. The van der Waals surface area contributed by atoms with Crippen molar-refractivity contribution in [2.24, 2.45) is 0 Å². The van der Waals surface area contributed by atoms with Crippen molar-refractivity contribution in [3.8, 4) is 11.4 Å². The molecule has 0 bridgehead atoms. The number of aromatic amines is 1. The van der Waals surface area contributed by atoms with E-state index in [1.54, 1.807) is 23.1 Å². The lowest BCUT2D eigenvalue weighted by Gasteiger charge is -2.32. The summed E-state index contributed by atoms with van der Waals surface area (Å²) < 4.78 is 0. The number of anilines is 3. The van der Waals surface area contributed by atoms with E-state index in [9.17, 15) is 4.79 Å². The molecular weight excluding hydrogens is 496 g/mol. The van der Waals surface area contributed by atoms with Gasteiger partial charge in [-0.3, -0.25) is 4.79 Å². The minimum Gasteiger partial charge on any atom is -0.339 e. The van der Waals surface area contributed by atoms with Crippen molar-refractivity contribution in [3.63, 3.8) is 0 Å². The molecule has 3 heterocycles. The Kier molecular flexibility index (Phi) is 5.75. The van der Waals surface area contributed by atoms with Gasteiger partial charge >= 0.3 is 0 Å². The summed E-state index contributed by atoms with van der Waals surface area (Å²) in [5.74, 6) is 0.885. The highest BCUT2D eigenvalue weighted by atomic mass is 32.2. The van der Waals surface area contributed by atoms with Crippen LogP contribution in [-0.2, 0) is 17.6 Å². The lowest BCUT2D eigenvalue weighted by molar-refractivity contribution is -0.116. The molecule has 2 N–H and O–H groups in total. The summed E-state index contributed by atoms with van der Waals surface area (Å²) >= 11 is 3.51. The van der Waals surface area contributed by atoms with Crippen LogP contribution < -0.4 is 10.2 Å². The molecule has 2 aliphatic rings. The fourth-order valence-electron chi connectivity index (χ4n) is 5.40. The molecule has 0 saturated heterocycles. The molecule has 1 amide bonds. The maximum absolute atomic E-state index is 13.4. The van der Waals surface area contributed by atoms with Crippen LogP contribution in [-0.4, -0.2) is 22.4 Å². The second kappa shape index (κ2) is 9.39. The summed E-state index contributed by atoms with van der Waals surface area (Å²) in [5.41, 5.74) is 6.72. The second-order valence-corrected chi connectivity index (χ2v) is 11.7. The first-order valence-electron chi connectivity index (χ1n) is 12.8. The van der Waals surface area contributed by atoms with Gasteiger partial charge < -0.3 is 15.2 Å². The fraction of sp³-hybridized carbons (Fsp3) is 0.200. The summed E-state index contributed by atoms with van der Waals surface area (Å²) in [4.78, 5) is 27.9. The molecular formula is C30H26N4OS2. The second-order valence-electron chi connectivity index (χ2n) is 9.50. The number of carbonyl (C=O) groups excluding carboxylic acids is 1. The first-order valence-corrected chi connectivity index (χ1v) is 14.4. The van der Waals surface area contributed by atoms with Crippen molar-refractivity contribution >= 4 is 56.4 Å². The number of aryl methyl sites for hydroxylation is 1. The molecule has 0 unspecified atom stereocenters. The third-order valence-electron chi connectivity index (χ3n) is 7.14. The topological polar surface area (TPSA) is 61.0 Å². The summed E-state index contributed by atoms with van der Waals surface area (Å²) in [6.45, 7) is 0.617. The summed E-state index contributed by atoms with van der Waals surface area (Å²) in [6.07, 6.45) is 4.88. The number of para-hydroxylation sites is 4. The molecule has 3 aromatic carbocycles. The molecule has 2 aromatic heterocycles. The van der Waals surface area contributed by atoms with Crippen LogP contribution in [0.3, 0.4) is 0 Å². The van der Waals surface area contributed by atoms with E-state index < -0.39 is 0 Å². The Hall–Kier alpha value is -3.55. The highest BCUT2D eigenvalue weighted by Crippen LogP contribution is 2.48. The van der Waals surface area contributed by atoms with Gasteiger partial charge in [-0.15, -0.1) is 11.3 Å². The van der Waals surface area contributed by atoms with Gasteiger partial charge in [0.25, 0.3) is 0 Å². The third kappa shape index (κ3) is 4.12. The number of imidazole rings is 1. The number of amides is 1. The van der Waals surface area contributed by atoms with Gasteiger partial charge in [-0.25, -0.2) is 4.98 Å².